The Labute approximate surface area is 75.5 Å². The fraction of sp³-hybridized carbons (Fsp3) is 0.750. The molecule has 0 fully saturated rings. The van der Waals surface area contributed by atoms with E-state index < -0.39 is 18.5 Å². The first kappa shape index (κ1) is 12.3. The molecule has 13 heavy (non-hydrogen) atoms. The molecule has 0 aromatic carbocycles. The predicted octanol–water partition coefficient (Wildman–Crippen LogP) is 2.06. The lowest BCUT2D eigenvalue weighted by molar-refractivity contribution is -0.153. The van der Waals surface area contributed by atoms with Crippen LogP contribution < -0.4 is 5.32 Å². The zero-order chi connectivity index (χ0) is 10.3. The molecule has 0 aliphatic heterocycles. The van der Waals surface area contributed by atoms with Gasteiger partial charge in [0.15, 0.2) is 0 Å². The van der Waals surface area contributed by atoms with Gasteiger partial charge < -0.3 is 5.32 Å². The Kier molecular flexibility index (Phi) is 5.50. The zero-order valence-corrected chi connectivity index (χ0v) is 7.28. The third kappa shape index (κ3) is 9.17. The topological polar surface area (TPSA) is 29.1 Å². The van der Waals surface area contributed by atoms with Crippen LogP contribution in [0.3, 0.4) is 0 Å². The van der Waals surface area contributed by atoms with Gasteiger partial charge in [0.1, 0.15) is 6.42 Å². The number of nitrogens with one attached hydrogen (secondary N) is 1. The summed E-state index contributed by atoms with van der Waals surface area (Å²) in [5.41, 5.74) is 0. The van der Waals surface area contributed by atoms with Crippen molar-refractivity contribution in [3.05, 3.63) is 6.92 Å². The van der Waals surface area contributed by atoms with Crippen molar-refractivity contribution in [2.24, 2.45) is 0 Å². The summed E-state index contributed by atoms with van der Waals surface area (Å²) in [4.78, 5) is 10.6. The minimum atomic E-state index is -4.41. The van der Waals surface area contributed by atoms with E-state index in [9.17, 15) is 18.0 Å². The number of hydrogen-bond acceptors (Lipinski definition) is 1. The molecule has 0 rings (SSSR count). The third-order valence-corrected chi connectivity index (χ3v) is 1.36. The molecule has 1 N–H and O–H groups in total. The summed E-state index contributed by atoms with van der Waals surface area (Å²) < 4.78 is 34.8. The molecular formula is C8H13F3NO. The van der Waals surface area contributed by atoms with Crippen LogP contribution in [0, 0.1) is 6.92 Å². The molecular weight excluding hydrogens is 183 g/mol. The van der Waals surface area contributed by atoms with E-state index in [1.54, 1.807) is 0 Å². The fourth-order valence-corrected chi connectivity index (χ4v) is 0.774. The molecule has 0 heterocycles. The van der Waals surface area contributed by atoms with E-state index in [1.165, 1.54) is 0 Å². The lowest BCUT2D eigenvalue weighted by Crippen LogP contribution is -2.29. The van der Waals surface area contributed by atoms with E-state index in [4.69, 9.17) is 0 Å². The van der Waals surface area contributed by atoms with E-state index in [0.717, 1.165) is 12.8 Å². The molecule has 1 amide bonds. The van der Waals surface area contributed by atoms with Gasteiger partial charge in [0, 0.05) is 6.54 Å². The number of amides is 1. The van der Waals surface area contributed by atoms with Crippen LogP contribution in [0.2, 0.25) is 0 Å². The van der Waals surface area contributed by atoms with Gasteiger partial charge in [0.25, 0.3) is 0 Å². The quantitative estimate of drug-likeness (QED) is 0.670. The van der Waals surface area contributed by atoms with E-state index in [-0.39, 0.29) is 0 Å². The molecule has 0 aromatic heterocycles. The van der Waals surface area contributed by atoms with Gasteiger partial charge in [-0.15, -0.1) is 0 Å². The first-order valence-electron chi connectivity index (χ1n) is 4.08. The van der Waals surface area contributed by atoms with Crippen LogP contribution >= 0.6 is 0 Å². The van der Waals surface area contributed by atoms with Gasteiger partial charge in [0.05, 0.1) is 0 Å². The van der Waals surface area contributed by atoms with Crippen molar-refractivity contribution in [3.8, 4) is 0 Å². The van der Waals surface area contributed by atoms with Gasteiger partial charge in [-0.1, -0.05) is 19.8 Å². The molecule has 0 unspecified atom stereocenters. The van der Waals surface area contributed by atoms with Crippen molar-refractivity contribution in [1.82, 2.24) is 5.32 Å². The van der Waals surface area contributed by atoms with E-state index >= 15 is 0 Å². The van der Waals surface area contributed by atoms with Crippen molar-refractivity contribution in [2.75, 3.05) is 6.54 Å². The SMILES string of the molecule is [CH2]CCCCNC(=O)CC(F)(F)F. The Bertz CT molecular complexity index is 156. The second kappa shape index (κ2) is 5.83. The molecule has 2 nitrogen and oxygen atoms in total. The highest BCUT2D eigenvalue weighted by atomic mass is 19.4. The van der Waals surface area contributed by atoms with E-state index in [0.29, 0.717) is 13.0 Å². The van der Waals surface area contributed by atoms with Crippen LogP contribution in [0.1, 0.15) is 25.7 Å². The van der Waals surface area contributed by atoms with Crippen LogP contribution in [-0.4, -0.2) is 18.6 Å². The van der Waals surface area contributed by atoms with Crippen LogP contribution in [0.4, 0.5) is 13.2 Å². The summed E-state index contributed by atoms with van der Waals surface area (Å²) in [5, 5.41) is 2.19. The second-order valence-electron chi connectivity index (χ2n) is 2.70. The summed E-state index contributed by atoms with van der Waals surface area (Å²) >= 11 is 0. The molecule has 0 bridgehead atoms. The first-order valence-corrected chi connectivity index (χ1v) is 4.08. The highest BCUT2D eigenvalue weighted by molar-refractivity contribution is 5.76. The average molecular weight is 196 g/mol. The Morgan fingerprint density at radius 1 is 1.31 bits per heavy atom. The summed E-state index contributed by atoms with van der Waals surface area (Å²) in [5.74, 6) is -0.962. The maximum atomic E-state index is 11.6. The largest absolute Gasteiger partial charge is 0.397 e. The molecule has 0 aliphatic rings. The Hall–Kier alpha value is -0.740. The van der Waals surface area contributed by atoms with E-state index in [2.05, 4.69) is 12.2 Å². The van der Waals surface area contributed by atoms with Gasteiger partial charge in [0.2, 0.25) is 5.91 Å². The molecule has 0 spiro atoms. The number of carbonyl (C=O) groups excluding carboxylic acids is 1. The molecule has 0 aliphatic carbocycles. The van der Waals surface area contributed by atoms with Gasteiger partial charge in [-0.25, -0.2) is 0 Å². The van der Waals surface area contributed by atoms with Crippen LogP contribution in [-0.2, 0) is 4.79 Å². The van der Waals surface area contributed by atoms with Crippen molar-refractivity contribution >= 4 is 5.91 Å². The lowest BCUT2D eigenvalue weighted by Gasteiger charge is -2.06. The highest BCUT2D eigenvalue weighted by Crippen LogP contribution is 2.18. The van der Waals surface area contributed by atoms with E-state index in [1.807, 2.05) is 0 Å². The van der Waals surface area contributed by atoms with Crippen molar-refractivity contribution in [1.29, 1.82) is 0 Å². The normalized spacial score (nSPS) is 11.4. The maximum Gasteiger partial charge on any atom is 0.397 e. The summed E-state index contributed by atoms with van der Waals surface area (Å²) in [6, 6.07) is 0. The van der Waals surface area contributed by atoms with Crippen molar-refractivity contribution in [3.63, 3.8) is 0 Å². The molecule has 5 heteroatoms. The Morgan fingerprint density at radius 2 is 1.92 bits per heavy atom. The first-order chi connectivity index (χ1) is 5.95. The predicted molar refractivity (Wildman–Crippen MR) is 42.9 cm³/mol. The maximum absolute atomic E-state index is 11.6. The minimum absolute atomic E-state index is 0.296. The Morgan fingerprint density at radius 3 is 2.38 bits per heavy atom. The smallest absolute Gasteiger partial charge is 0.356 e. The molecule has 0 saturated heterocycles. The number of alkyl halides is 3. The monoisotopic (exact) mass is 196 g/mol. The fourth-order valence-electron chi connectivity index (χ4n) is 0.774. The van der Waals surface area contributed by atoms with Crippen molar-refractivity contribution < 1.29 is 18.0 Å². The molecule has 77 valence electrons. The number of rotatable bonds is 5. The van der Waals surface area contributed by atoms with Gasteiger partial charge in [-0.2, -0.15) is 13.2 Å². The summed E-state index contributed by atoms with van der Waals surface area (Å²) in [6.07, 6.45) is -3.58. The standard InChI is InChI=1S/C8H13F3NO/c1-2-3-4-5-12-7(13)6-8(9,10)11/h1-6H2,(H,12,13). The molecule has 0 atom stereocenters. The lowest BCUT2D eigenvalue weighted by atomic mass is 10.2. The minimum Gasteiger partial charge on any atom is -0.356 e. The molecule has 1 radical (unpaired) electrons. The van der Waals surface area contributed by atoms with Crippen LogP contribution in [0.15, 0.2) is 0 Å². The van der Waals surface area contributed by atoms with Crippen LogP contribution in [0.25, 0.3) is 0 Å². The number of halogens is 3. The third-order valence-electron chi connectivity index (χ3n) is 1.36. The number of unbranched alkanes of at least 4 members (excludes halogenated alkanes) is 2. The average Bonchev–Trinajstić information content (AvgIpc) is 1.94. The number of carbonyl (C=O) groups is 1. The summed E-state index contributed by atoms with van der Waals surface area (Å²) in [7, 11) is 0. The van der Waals surface area contributed by atoms with Gasteiger partial charge in [-0.3, -0.25) is 4.79 Å². The number of hydrogen-bond donors (Lipinski definition) is 1. The zero-order valence-electron chi connectivity index (χ0n) is 7.28. The molecule has 0 aromatic rings. The summed E-state index contributed by atoms with van der Waals surface area (Å²) in [6.45, 7) is 3.87. The van der Waals surface area contributed by atoms with Crippen LogP contribution in [0.5, 0.6) is 0 Å². The molecule has 0 saturated carbocycles. The van der Waals surface area contributed by atoms with Crippen molar-refractivity contribution in [2.45, 2.75) is 31.9 Å². The Balaban J connectivity index is 3.41. The van der Waals surface area contributed by atoms with Gasteiger partial charge >= 0.3 is 6.18 Å². The second-order valence-corrected chi connectivity index (χ2v) is 2.70. The highest BCUT2D eigenvalue weighted by Gasteiger charge is 2.30. The van der Waals surface area contributed by atoms with Gasteiger partial charge in [-0.05, 0) is 6.42 Å².